The molecule has 0 aromatic heterocycles. The summed E-state index contributed by atoms with van der Waals surface area (Å²) < 4.78 is 151. The van der Waals surface area contributed by atoms with Crippen molar-refractivity contribution in [2.75, 3.05) is 39.5 Å². The van der Waals surface area contributed by atoms with Crippen molar-refractivity contribution in [1.29, 1.82) is 0 Å². The summed E-state index contributed by atoms with van der Waals surface area (Å²) in [6, 6.07) is 0. The van der Waals surface area contributed by atoms with Crippen LogP contribution in [0.3, 0.4) is 0 Å². The van der Waals surface area contributed by atoms with Crippen molar-refractivity contribution in [2.45, 2.75) is 155 Å². The number of nitrogens with two attached hydrogens (primary N) is 6. The zero-order chi connectivity index (χ0) is 89.8. The third-order valence-electron chi connectivity index (χ3n) is 14.2. The highest BCUT2D eigenvalue weighted by Gasteiger charge is 2.51. The van der Waals surface area contributed by atoms with Gasteiger partial charge in [-0.1, -0.05) is 46.9 Å². The number of hydrogen-bond acceptors (Lipinski definition) is 48. The number of aliphatic imine (C=N–C) groups is 12. The molecular formula is C55H88N24O24. The predicted octanol–water partition coefficient (Wildman–Crippen LogP) is -14.0. The lowest BCUT2D eigenvalue weighted by Crippen LogP contribution is -2.44. The smallest absolute Gasteiger partial charge is 0.223 e. The molecule has 12 heterocycles. The van der Waals surface area contributed by atoms with Crippen LogP contribution in [0.25, 0.3) is 0 Å². The first-order valence-corrected chi connectivity index (χ1v) is 28.6. The molecule has 0 amide bonds. The lowest BCUT2D eigenvalue weighted by Gasteiger charge is -2.29. The number of ether oxygens (including phenoxy) is 6. The van der Waals surface area contributed by atoms with Gasteiger partial charge < -0.3 is 155 Å². The maximum Gasteiger partial charge on any atom is 0.223 e. The minimum atomic E-state index is -3.49. The van der Waals surface area contributed by atoms with Gasteiger partial charge in [0.25, 0.3) is 0 Å². The van der Waals surface area contributed by atoms with E-state index >= 15 is 0 Å². The molecule has 0 radical (unpaired) electrons. The van der Waals surface area contributed by atoms with Gasteiger partial charge in [-0.2, -0.15) is 30.0 Å². The molecule has 12 aliphatic heterocycles. The fraction of sp³-hybridized carbons (Fsp3) is 0.564. The average Bonchev–Trinajstić information content (AvgIpc) is 1.56. The van der Waals surface area contributed by atoms with Gasteiger partial charge >= 0.3 is 0 Å². The summed E-state index contributed by atoms with van der Waals surface area (Å²) in [4.78, 5) is 48.7. The van der Waals surface area contributed by atoms with Crippen LogP contribution in [0, 0.1) is 0 Å². The Balaban J connectivity index is 0.000000221. The molecule has 12 aliphatic rings. The zero-order valence-corrected chi connectivity index (χ0v) is 52.5. The molecule has 0 bridgehead atoms. The molecule has 6 unspecified atom stereocenters. The van der Waals surface area contributed by atoms with Crippen molar-refractivity contribution in [3.05, 3.63) is 74.4 Å². The Hall–Kier alpha value is -8.88. The Bertz CT molecular complexity index is 4250. The Kier molecular flexibility index (Phi) is 21.8. The summed E-state index contributed by atoms with van der Waals surface area (Å²) in [5, 5.41) is 173. The topological polar surface area (TPSA) is 743 Å². The second kappa shape index (κ2) is 36.5. The van der Waals surface area contributed by atoms with E-state index in [1.165, 1.54) is 0 Å². The number of rotatable bonds is 12. The van der Waals surface area contributed by atoms with Crippen LogP contribution >= 0.6 is 0 Å². The summed E-state index contributed by atoms with van der Waals surface area (Å²) in [6.45, 7) is 12.0. The van der Waals surface area contributed by atoms with Crippen molar-refractivity contribution in [3.8, 4) is 0 Å². The fourth-order valence-electron chi connectivity index (χ4n) is 9.11. The maximum atomic E-state index is 10.0. The normalized spacial score (nSPS) is 44.5. The second-order valence-corrected chi connectivity index (χ2v) is 20.9. The van der Waals surface area contributed by atoms with E-state index in [2.05, 4.69) is 99.4 Å². The summed E-state index contributed by atoms with van der Waals surface area (Å²) in [5.41, 5.74) is 32.0. The van der Waals surface area contributed by atoms with Gasteiger partial charge in [0, 0.05) is 0 Å². The molecule has 0 aromatic carbocycles. The number of aliphatic hydroxyl groups excluding tert-OH is 13. The summed E-state index contributed by atoms with van der Waals surface area (Å²) in [7, 11) is 0. The number of nitrogens with zero attached hydrogens (tertiary/aromatic N) is 18. The molecule has 48 nitrogen and oxygen atoms in total. The summed E-state index contributed by atoms with van der Waals surface area (Å²) in [6.07, 6.45) is -46.3. The monoisotopic (exact) mass is 1480 g/mol. The van der Waals surface area contributed by atoms with E-state index in [9.17, 15) is 71.5 Å². The van der Waals surface area contributed by atoms with Crippen molar-refractivity contribution in [3.63, 3.8) is 0 Å². The lowest BCUT2D eigenvalue weighted by molar-refractivity contribution is -0.0607. The lowest BCUT2D eigenvalue weighted by atomic mass is 10.1. The molecule has 6 saturated heterocycles. The van der Waals surface area contributed by atoms with Crippen molar-refractivity contribution in [1.82, 2.24) is 29.4 Å². The van der Waals surface area contributed by atoms with Gasteiger partial charge in [-0.05, 0) is 0 Å². The van der Waals surface area contributed by atoms with Crippen LogP contribution in [0.5, 0.6) is 0 Å². The fourth-order valence-corrected chi connectivity index (χ4v) is 9.11. The summed E-state index contributed by atoms with van der Waals surface area (Å²) >= 11 is 0. The molecular weight excluding hydrogens is 1380 g/mol. The van der Waals surface area contributed by atoms with E-state index in [0.29, 0.717) is 4.90 Å². The standard InChI is InChI=1S/6C9H14N4O4.CH4/c6*1-4-12-9(10)11-3-13(4)8-7(16)6(15)5(2-14)17-8;/h6*3,5-8,14-16H,1-2H2,(H2,10,12);1H4/t6*5-,6+,7?,8-;/m111111./s1/i2D2,3D,5D,6D;3D,8D;3D,7D;3D,6D;3D,5D;2D2,3D;. The highest BCUT2D eigenvalue weighted by molar-refractivity contribution is 5.92. The Morgan fingerprint density at radius 2 is 0.631 bits per heavy atom. The first-order chi connectivity index (χ1) is 54.1. The van der Waals surface area contributed by atoms with E-state index in [-0.39, 0.29) is 78.1 Å². The molecule has 0 saturated carbocycles. The maximum absolute atomic E-state index is 10.0. The molecule has 6 fully saturated rings. The largest absolute Gasteiger partial charge is 0.394 e. The van der Waals surface area contributed by atoms with E-state index in [0.717, 1.165) is 24.5 Å². The molecule has 103 heavy (non-hydrogen) atoms. The Morgan fingerprint density at radius 3 is 0.942 bits per heavy atom. The number of amidine groups is 6. The van der Waals surface area contributed by atoms with Crippen molar-refractivity contribution in [2.24, 2.45) is 94.3 Å². The van der Waals surface area contributed by atoms with Crippen LogP contribution in [0.2, 0.25) is 0 Å². The van der Waals surface area contributed by atoms with Crippen LogP contribution in [-0.4, -0.2) is 382 Å². The van der Waals surface area contributed by atoms with E-state index in [4.69, 9.17) is 105 Å². The molecule has 572 valence electrons. The van der Waals surface area contributed by atoms with Crippen LogP contribution in [0.1, 0.15) is 29.4 Å². The number of hydrogen-bond donors (Lipinski definition) is 24. The SMILES string of the molecule is C.[2H]C1=NC(N)=NC(=C)N1[C@@H]1O[C@H](C([2H])([2H])O)[C@H](O)C1O.[2H]C1=NC(N)=NC(=C)N1[C@@H]1O[C@H](CO)[C@H](O)C1([2H])O.[2H]C1=NC(N)=NC(=C)N1[C@@H]1O[C@H](CO)[C@]([2H])(O)C1O.[2H]C1=NC(N)=NC(=C)N1[C@@H]1O[C@]([2H])(C([2H])([2H])O)[C@]([2H])(O)C1O.[2H]C1=NC(N)=NC(=C)N1[C@@H]1O[C@]([2H])(CO)[C@H](O)C1O.[2H]C1=NC(N)=NC(=C)N1[C@]1([2H])O[C@H](CO)[C@H](O)C1O. The minimum Gasteiger partial charge on any atom is -0.394 e. The average molecular weight is 1490 g/mol. The third kappa shape index (κ3) is 19.1. The van der Waals surface area contributed by atoms with E-state index < -0.39 is 225 Å². The highest BCUT2D eigenvalue weighted by Crippen LogP contribution is 2.32. The molecule has 24 atom stereocenters. The van der Waals surface area contributed by atoms with Crippen LogP contribution in [0.15, 0.2) is 134 Å². The van der Waals surface area contributed by atoms with Crippen LogP contribution in [0.4, 0.5) is 0 Å². The van der Waals surface area contributed by atoms with Crippen molar-refractivity contribution < 1.29 is 142 Å². The predicted molar refractivity (Wildman–Crippen MR) is 360 cm³/mol. The van der Waals surface area contributed by atoms with E-state index in [1.807, 2.05) is 0 Å². The molecule has 48 heteroatoms. The number of aliphatic hydroxyl groups is 18. The molecule has 30 N–H and O–H groups in total. The third-order valence-corrected chi connectivity index (χ3v) is 14.2. The van der Waals surface area contributed by atoms with E-state index in [1.54, 1.807) is 0 Å². The molecule has 0 aliphatic carbocycles. The summed E-state index contributed by atoms with van der Waals surface area (Å²) in [5.74, 6) is -1.73. The first-order valence-electron chi connectivity index (χ1n) is 36.6. The quantitative estimate of drug-likeness (QED) is 0.0863. The van der Waals surface area contributed by atoms with Gasteiger partial charge in [0.15, 0.2) is 37.3 Å². The van der Waals surface area contributed by atoms with Gasteiger partial charge in [0.1, 0.15) is 191 Å². The van der Waals surface area contributed by atoms with Crippen molar-refractivity contribution >= 4 is 73.6 Å². The first kappa shape index (κ1) is 61.6. The minimum absolute atomic E-state index is 0. The zero-order valence-electron chi connectivity index (χ0n) is 68.5. The molecule has 0 spiro atoms. The highest BCUT2D eigenvalue weighted by atomic mass is 16.6. The van der Waals surface area contributed by atoms with Gasteiger partial charge in [-0.25, -0.2) is 30.0 Å². The second-order valence-electron chi connectivity index (χ2n) is 20.9. The Labute approximate surface area is 607 Å². The van der Waals surface area contributed by atoms with Gasteiger partial charge in [0.05, 0.1) is 53.3 Å². The van der Waals surface area contributed by atoms with Gasteiger partial charge in [-0.3, -0.25) is 29.4 Å². The van der Waals surface area contributed by atoms with Gasteiger partial charge in [-0.15, -0.1) is 0 Å². The van der Waals surface area contributed by atoms with Gasteiger partial charge in [0.2, 0.25) is 35.8 Å². The van der Waals surface area contributed by atoms with Crippen LogP contribution in [-0.2, 0) is 28.4 Å². The Morgan fingerprint density at radius 1 is 0.330 bits per heavy atom. The van der Waals surface area contributed by atoms with Crippen LogP contribution < -0.4 is 34.4 Å². The number of guanidine groups is 6. The molecule has 0 aromatic rings. The molecule has 12 rings (SSSR count).